The average Bonchev–Trinajstić information content (AvgIpc) is 1.61. The van der Waals surface area contributed by atoms with Crippen LogP contribution in [0.2, 0.25) is 0 Å². The van der Waals surface area contributed by atoms with E-state index in [4.69, 9.17) is 5.73 Å². The lowest BCUT2D eigenvalue weighted by atomic mass is 10.2. The summed E-state index contributed by atoms with van der Waals surface area (Å²) >= 11 is 0. The van der Waals surface area contributed by atoms with Crippen LogP contribution < -0.4 is 5.73 Å². The van der Waals surface area contributed by atoms with Crippen molar-refractivity contribution in [1.29, 1.82) is 0 Å². The molecule has 1 amide bonds. The third-order valence-electron chi connectivity index (χ3n) is 0.798. The van der Waals surface area contributed by atoms with Crippen molar-refractivity contribution in [2.45, 2.75) is 19.8 Å². The van der Waals surface area contributed by atoms with Gasteiger partial charge in [-0.05, 0) is 13.3 Å². The molecular formula is C6H11NO. The lowest BCUT2D eigenvalue weighted by Gasteiger charge is -1.91. The second-order valence-corrected chi connectivity index (χ2v) is 1.92. The van der Waals surface area contributed by atoms with Gasteiger partial charge < -0.3 is 5.73 Å². The van der Waals surface area contributed by atoms with Crippen molar-refractivity contribution in [2.75, 3.05) is 0 Å². The zero-order valence-corrected chi connectivity index (χ0v) is 5.11. The minimum absolute atomic E-state index is 0.256. The summed E-state index contributed by atoms with van der Waals surface area (Å²) in [4.78, 5) is 10.1. The number of hydrogen-bond acceptors (Lipinski definition) is 1. The summed E-state index contributed by atoms with van der Waals surface area (Å²) in [6, 6.07) is 0. The van der Waals surface area contributed by atoms with Gasteiger partial charge in [0.15, 0.2) is 0 Å². The zero-order chi connectivity index (χ0) is 6.57. The normalized spacial score (nSPS) is 8.62. The lowest BCUT2D eigenvalue weighted by molar-refractivity contribution is -0.117. The Morgan fingerprint density at radius 3 is 2.25 bits per heavy atom. The van der Waals surface area contributed by atoms with Gasteiger partial charge >= 0.3 is 0 Å². The number of amides is 1. The first-order chi connectivity index (χ1) is 3.63. The van der Waals surface area contributed by atoms with Crippen LogP contribution in [0.1, 0.15) is 19.8 Å². The van der Waals surface area contributed by atoms with E-state index in [1.807, 2.05) is 6.92 Å². The zero-order valence-electron chi connectivity index (χ0n) is 5.11. The van der Waals surface area contributed by atoms with Gasteiger partial charge in [0.05, 0.1) is 0 Å². The quantitative estimate of drug-likeness (QED) is 0.541. The minimum Gasteiger partial charge on any atom is -0.370 e. The van der Waals surface area contributed by atoms with Crippen LogP contribution in [0.15, 0.2) is 12.2 Å². The molecule has 0 saturated carbocycles. The minimum atomic E-state index is -0.256. The van der Waals surface area contributed by atoms with Crippen LogP contribution in [0.3, 0.4) is 0 Å². The molecule has 0 atom stereocenters. The van der Waals surface area contributed by atoms with Crippen LogP contribution in [0.4, 0.5) is 0 Å². The number of carbonyl (C=O) groups is 1. The summed E-state index contributed by atoms with van der Waals surface area (Å²) in [5.74, 6) is -0.256. The molecule has 0 bridgehead atoms. The van der Waals surface area contributed by atoms with Crippen LogP contribution in [-0.2, 0) is 4.79 Å². The Morgan fingerprint density at radius 1 is 1.62 bits per heavy atom. The number of rotatable bonds is 3. The molecule has 0 fully saturated rings. The second-order valence-electron chi connectivity index (χ2n) is 1.92. The maximum absolute atomic E-state index is 10.1. The summed E-state index contributed by atoms with van der Waals surface area (Å²) in [6.07, 6.45) is 1.14. The third kappa shape index (κ3) is 5.21. The summed E-state index contributed by atoms with van der Waals surface area (Å²) in [5, 5.41) is 0. The molecule has 0 saturated heterocycles. The van der Waals surface area contributed by atoms with Gasteiger partial charge in [-0.3, -0.25) is 4.79 Å². The van der Waals surface area contributed by atoms with E-state index in [-0.39, 0.29) is 5.91 Å². The Kier molecular flexibility index (Phi) is 2.92. The maximum Gasteiger partial charge on any atom is 0.217 e. The van der Waals surface area contributed by atoms with Crippen LogP contribution in [0, 0.1) is 0 Å². The molecule has 0 spiro atoms. The summed E-state index contributed by atoms with van der Waals surface area (Å²) < 4.78 is 0. The monoisotopic (exact) mass is 113 g/mol. The van der Waals surface area contributed by atoms with Crippen molar-refractivity contribution in [1.82, 2.24) is 0 Å². The van der Waals surface area contributed by atoms with Gasteiger partial charge in [-0.15, -0.1) is 6.58 Å². The second kappa shape index (κ2) is 3.24. The fourth-order valence-electron chi connectivity index (χ4n) is 0.337. The molecule has 0 aliphatic carbocycles. The number of primary amides is 1. The molecule has 0 radical (unpaired) electrons. The average molecular weight is 113 g/mol. The standard InChI is InChI=1S/C6H11NO/c1-5(2)3-4-6(7)8/h1,3-4H2,2H3,(H2,7,8). The van der Waals surface area contributed by atoms with Crippen LogP contribution in [-0.4, -0.2) is 5.91 Å². The topological polar surface area (TPSA) is 43.1 Å². The molecule has 8 heavy (non-hydrogen) atoms. The van der Waals surface area contributed by atoms with Crippen molar-refractivity contribution >= 4 is 5.91 Å². The molecule has 0 aliphatic heterocycles. The molecule has 0 rings (SSSR count). The van der Waals surface area contributed by atoms with Gasteiger partial charge in [-0.25, -0.2) is 0 Å². The first-order valence-corrected chi connectivity index (χ1v) is 2.55. The molecule has 0 aromatic carbocycles. The van der Waals surface area contributed by atoms with E-state index in [2.05, 4.69) is 6.58 Å². The fraction of sp³-hybridized carbons (Fsp3) is 0.500. The number of allylic oxidation sites excluding steroid dienone is 1. The number of nitrogens with two attached hydrogens (primary N) is 1. The summed E-state index contributed by atoms with van der Waals surface area (Å²) in [5.41, 5.74) is 5.86. The van der Waals surface area contributed by atoms with Gasteiger partial charge in [0.1, 0.15) is 0 Å². The number of hydrogen-bond donors (Lipinski definition) is 1. The highest BCUT2D eigenvalue weighted by molar-refractivity contribution is 5.73. The van der Waals surface area contributed by atoms with Crippen LogP contribution in [0.25, 0.3) is 0 Å². The Hall–Kier alpha value is -0.790. The molecule has 0 aliphatic rings. The fourth-order valence-corrected chi connectivity index (χ4v) is 0.337. The van der Waals surface area contributed by atoms with E-state index >= 15 is 0 Å². The Morgan fingerprint density at radius 2 is 2.12 bits per heavy atom. The molecule has 0 heterocycles. The van der Waals surface area contributed by atoms with Gasteiger partial charge in [-0.2, -0.15) is 0 Å². The first kappa shape index (κ1) is 7.21. The maximum atomic E-state index is 10.1. The molecule has 2 N–H and O–H groups in total. The van der Waals surface area contributed by atoms with Crippen LogP contribution >= 0.6 is 0 Å². The van der Waals surface area contributed by atoms with Gasteiger partial charge in [0.25, 0.3) is 0 Å². The Bertz CT molecular complexity index is 93.1. The van der Waals surface area contributed by atoms with Crippen molar-refractivity contribution < 1.29 is 4.79 Å². The van der Waals surface area contributed by atoms with Crippen molar-refractivity contribution in [3.63, 3.8) is 0 Å². The van der Waals surface area contributed by atoms with Crippen molar-refractivity contribution in [3.05, 3.63) is 12.2 Å². The van der Waals surface area contributed by atoms with Gasteiger partial charge in [0.2, 0.25) is 5.91 Å². The number of carbonyl (C=O) groups excluding carboxylic acids is 1. The molecular weight excluding hydrogens is 102 g/mol. The van der Waals surface area contributed by atoms with E-state index in [0.717, 1.165) is 12.0 Å². The molecule has 2 nitrogen and oxygen atoms in total. The van der Waals surface area contributed by atoms with Crippen LogP contribution in [0.5, 0.6) is 0 Å². The molecule has 0 aromatic heterocycles. The van der Waals surface area contributed by atoms with E-state index < -0.39 is 0 Å². The highest BCUT2D eigenvalue weighted by atomic mass is 16.1. The van der Waals surface area contributed by atoms with E-state index in [0.29, 0.717) is 6.42 Å². The van der Waals surface area contributed by atoms with E-state index in [9.17, 15) is 4.79 Å². The van der Waals surface area contributed by atoms with Crippen molar-refractivity contribution in [3.8, 4) is 0 Å². The first-order valence-electron chi connectivity index (χ1n) is 2.55. The van der Waals surface area contributed by atoms with E-state index in [1.54, 1.807) is 0 Å². The van der Waals surface area contributed by atoms with Gasteiger partial charge in [-0.1, -0.05) is 5.57 Å². The SMILES string of the molecule is C=C(C)CCC(N)=O. The smallest absolute Gasteiger partial charge is 0.217 e. The third-order valence-corrected chi connectivity index (χ3v) is 0.798. The Labute approximate surface area is 49.4 Å². The predicted octanol–water partition coefficient (Wildman–Crippen LogP) is 0.828. The molecule has 46 valence electrons. The molecule has 2 heteroatoms. The highest BCUT2D eigenvalue weighted by Crippen LogP contribution is 1.97. The predicted molar refractivity (Wildman–Crippen MR) is 33.2 cm³/mol. The molecule has 0 aromatic rings. The van der Waals surface area contributed by atoms with Gasteiger partial charge in [0, 0.05) is 6.42 Å². The largest absolute Gasteiger partial charge is 0.370 e. The summed E-state index contributed by atoms with van der Waals surface area (Å²) in [7, 11) is 0. The lowest BCUT2D eigenvalue weighted by Crippen LogP contribution is -2.09. The van der Waals surface area contributed by atoms with E-state index in [1.165, 1.54) is 0 Å². The highest BCUT2D eigenvalue weighted by Gasteiger charge is 1.91. The Balaban J connectivity index is 3.18. The summed E-state index contributed by atoms with van der Waals surface area (Å²) in [6.45, 7) is 5.50. The van der Waals surface area contributed by atoms with Crippen molar-refractivity contribution in [2.24, 2.45) is 5.73 Å². The molecule has 0 unspecified atom stereocenters.